The van der Waals surface area contributed by atoms with E-state index in [2.05, 4.69) is 68.3 Å². The number of nitrogens with one attached hydrogen (secondary N) is 5. The van der Waals surface area contributed by atoms with Crippen LogP contribution >= 0.6 is 9.24 Å². The Bertz CT molecular complexity index is 982. The van der Waals surface area contributed by atoms with Crippen LogP contribution in [0.1, 0.15) is 104 Å². The fraction of sp³-hybridized carbons (Fsp3) is 0.676. The molecule has 0 aliphatic heterocycles. The number of aryl methyl sites for hydroxylation is 1. The van der Waals surface area contributed by atoms with Crippen LogP contribution in [0.2, 0.25) is 0 Å². The summed E-state index contributed by atoms with van der Waals surface area (Å²) in [6.07, 6.45) is 5.31. The zero-order chi connectivity index (χ0) is 40.8. The Balaban J connectivity index is -0.000000189. The molecular formula is C37H72N5O8P. The molecule has 0 radical (unpaired) electrons. The predicted molar refractivity (Wildman–Crippen MR) is 212 cm³/mol. The van der Waals surface area contributed by atoms with E-state index in [0.29, 0.717) is 30.6 Å². The third kappa shape index (κ3) is 37.7. The van der Waals surface area contributed by atoms with Gasteiger partial charge in [-0.1, -0.05) is 79.0 Å². The van der Waals surface area contributed by atoms with E-state index in [-0.39, 0.29) is 54.8 Å². The Hall–Kier alpha value is -3.41. The molecule has 1 aromatic rings. The zero-order valence-electron chi connectivity index (χ0n) is 33.5. The highest BCUT2D eigenvalue weighted by Gasteiger charge is 2.20. The number of likely N-dealkylation sites (N-methyl/N-ethyl adjacent to an activating group) is 1. The molecule has 0 spiro atoms. The summed E-state index contributed by atoms with van der Waals surface area (Å²) < 4.78 is 4.25. The van der Waals surface area contributed by atoms with Crippen molar-refractivity contribution in [2.45, 2.75) is 119 Å². The minimum atomic E-state index is -0.414. The maximum Gasteiger partial charge on any atom is 0.251 e. The van der Waals surface area contributed by atoms with Crippen LogP contribution in [0.15, 0.2) is 24.3 Å². The monoisotopic (exact) mass is 746 g/mol. The van der Waals surface area contributed by atoms with E-state index in [9.17, 15) is 24.0 Å². The number of carbonyl (C=O) groups is 6. The molecule has 298 valence electrons. The normalized spacial score (nSPS) is 12.3. The molecule has 0 saturated carbocycles. The van der Waals surface area contributed by atoms with Gasteiger partial charge in [0.1, 0.15) is 12.8 Å². The maximum atomic E-state index is 11.8. The number of aliphatic hydroxyl groups is 1. The van der Waals surface area contributed by atoms with E-state index < -0.39 is 6.04 Å². The topological polar surface area (TPSA) is 192 Å². The van der Waals surface area contributed by atoms with Crippen molar-refractivity contribution in [3.05, 3.63) is 35.4 Å². The van der Waals surface area contributed by atoms with Gasteiger partial charge in [0.2, 0.25) is 24.6 Å². The molecule has 0 saturated heterocycles. The van der Waals surface area contributed by atoms with E-state index in [1.165, 1.54) is 6.42 Å². The minimum absolute atomic E-state index is 0.0289. The number of rotatable bonds is 17. The lowest BCUT2D eigenvalue weighted by molar-refractivity contribution is -0.126. The Labute approximate surface area is 311 Å². The highest BCUT2D eigenvalue weighted by Crippen LogP contribution is 2.11. The molecule has 13 nitrogen and oxygen atoms in total. The lowest BCUT2D eigenvalue weighted by Gasteiger charge is -2.19. The molecule has 14 heteroatoms. The van der Waals surface area contributed by atoms with Crippen molar-refractivity contribution in [3.63, 3.8) is 0 Å². The van der Waals surface area contributed by atoms with E-state index in [0.717, 1.165) is 24.8 Å². The van der Waals surface area contributed by atoms with Crippen LogP contribution < -0.4 is 26.6 Å². The van der Waals surface area contributed by atoms with Crippen molar-refractivity contribution in [2.24, 2.45) is 11.8 Å². The quantitative estimate of drug-likeness (QED) is 0.102. The molecular weight excluding hydrogens is 673 g/mol. The molecule has 0 heterocycles. The second-order valence-corrected chi connectivity index (χ2v) is 13.2. The van der Waals surface area contributed by atoms with Gasteiger partial charge in [-0.05, 0) is 63.2 Å². The summed E-state index contributed by atoms with van der Waals surface area (Å²) in [5.74, 6) is -0.158. The molecule has 1 rings (SSSR count). The van der Waals surface area contributed by atoms with E-state index >= 15 is 0 Å². The fourth-order valence-corrected chi connectivity index (χ4v) is 4.01. The summed E-state index contributed by atoms with van der Waals surface area (Å²) in [5, 5.41) is 22.2. The van der Waals surface area contributed by atoms with E-state index in [1.54, 1.807) is 26.4 Å². The molecule has 51 heavy (non-hydrogen) atoms. The van der Waals surface area contributed by atoms with Crippen molar-refractivity contribution < 1.29 is 38.6 Å². The number of hydrogen-bond acceptors (Lipinski definition) is 8. The lowest BCUT2D eigenvalue weighted by Crippen LogP contribution is -2.46. The summed E-state index contributed by atoms with van der Waals surface area (Å²) in [6, 6.07) is 7.20. The number of hydrogen-bond donors (Lipinski definition) is 6. The summed E-state index contributed by atoms with van der Waals surface area (Å²) in [6.45, 7) is 22.6. The van der Waals surface area contributed by atoms with Crippen LogP contribution in [0.25, 0.3) is 0 Å². The zero-order valence-corrected chi connectivity index (χ0v) is 34.6. The third-order valence-corrected chi connectivity index (χ3v) is 6.64. The van der Waals surface area contributed by atoms with E-state index in [1.807, 2.05) is 60.5 Å². The number of aliphatic hydroxyl groups excluding tert-OH is 1. The van der Waals surface area contributed by atoms with Gasteiger partial charge >= 0.3 is 0 Å². The number of carbonyl (C=O) groups excluding carboxylic acids is 6. The van der Waals surface area contributed by atoms with Gasteiger partial charge < -0.3 is 41.2 Å². The van der Waals surface area contributed by atoms with Gasteiger partial charge in [-0.25, -0.2) is 0 Å². The van der Waals surface area contributed by atoms with E-state index in [4.69, 9.17) is 9.90 Å². The number of ether oxygens (including phenoxy) is 1. The fourth-order valence-electron chi connectivity index (χ4n) is 3.68. The molecule has 6 atom stereocenters. The number of amides is 5. The largest absolute Gasteiger partial charge is 0.396 e. The summed E-state index contributed by atoms with van der Waals surface area (Å²) in [4.78, 5) is 62.5. The molecule has 0 aromatic heterocycles. The molecule has 5 amide bonds. The second kappa shape index (κ2) is 41.0. The van der Waals surface area contributed by atoms with Crippen LogP contribution in [-0.4, -0.2) is 100 Å². The Kier molecular flexibility index (Phi) is 45.8. The molecule has 4 unspecified atom stereocenters. The van der Waals surface area contributed by atoms with Crippen molar-refractivity contribution in [3.8, 4) is 0 Å². The molecule has 6 N–H and O–H groups in total. The standard InChI is InChI=1S/C13H19NO2.C10H21N2O2P.C8H16N2O2.C3H8.C2H6O.CH2O/c1-9-4-6-12(7-5-9)13(16)14-11(3)10(2)8-15;1-3-4-9(5-8(2)15)12-10(14)6-11-7-13;1-4-9-8(12)7(6(2)3)10-5-11;2*1-3-2;1-2/h4-7,10-11,15H,8H2,1-3H3,(H,14,16);7-9H,3-6,15H2,1-2H3,(H,11,13)(H,12,14);5-7H,4H2,1-3H3,(H,9,12)(H,10,11);3H2,1-2H3;1-2H3;1H2/t10-,11?;;7-;;;/m0.0.../s1. The SMILES string of the molecule is C=O.CCC.CCCC(CC(C)P)NC(=O)CNC=O.CCNC(=O)[C@@H](NC=O)C(C)C.COC.Cc1ccc(C(=O)NC(C)[C@@H](C)CO)cc1. The molecule has 1 aromatic carbocycles. The molecule has 0 aliphatic carbocycles. The predicted octanol–water partition coefficient (Wildman–Crippen LogP) is 3.80. The van der Waals surface area contributed by atoms with Gasteiger partial charge in [-0.15, -0.1) is 9.24 Å². The smallest absolute Gasteiger partial charge is 0.251 e. The minimum Gasteiger partial charge on any atom is -0.396 e. The van der Waals surface area contributed by atoms with Gasteiger partial charge in [0, 0.05) is 45.0 Å². The van der Waals surface area contributed by atoms with Crippen LogP contribution in [-0.2, 0) is 28.7 Å². The maximum absolute atomic E-state index is 11.8. The van der Waals surface area contributed by atoms with Crippen LogP contribution in [0.3, 0.4) is 0 Å². The first-order valence-electron chi connectivity index (χ1n) is 17.5. The van der Waals surface area contributed by atoms with Gasteiger partial charge in [-0.3, -0.25) is 24.0 Å². The lowest BCUT2D eigenvalue weighted by atomic mass is 10.0. The first-order valence-corrected chi connectivity index (χ1v) is 18.1. The average molecular weight is 746 g/mol. The number of benzene rings is 1. The van der Waals surface area contributed by atoms with Gasteiger partial charge in [0.15, 0.2) is 0 Å². The van der Waals surface area contributed by atoms with Gasteiger partial charge in [0.05, 0.1) is 6.54 Å². The van der Waals surface area contributed by atoms with Crippen molar-refractivity contribution in [1.29, 1.82) is 0 Å². The van der Waals surface area contributed by atoms with Crippen molar-refractivity contribution >= 4 is 46.6 Å². The third-order valence-electron chi connectivity index (χ3n) is 6.37. The number of methoxy groups -OCH3 is 1. The average Bonchev–Trinajstić information content (AvgIpc) is 3.08. The first-order chi connectivity index (χ1) is 24.1. The first kappa shape index (κ1) is 56.9. The summed E-state index contributed by atoms with van der Waals surface area (Å²) in [7, 11) is 5.98. The second-order valence-electron chi connectivity index (χ2n) is 12.1. The molecule has 0 bridgehead atoms. The summed E-state index contributed by atoms with van der Waals surface area (Å²) >= 11 is 0. The van der Waals surface area contributed by atoms with Crippen LogP contribution in [0.5, 0.6) is 0 Å². The van der Waals surface area contributed by atoms with Gasteiger partial charge in [0.25, 0.3) is 5.91 Å². The summed E-state index contributed by atoms with van der Waals surface area (Å²) in [5.41, 5.74) is 2.27. The van der Waals surface area contributed by atoms with Crippen LogP contribution in [0, 0.1) is 18.8 Å². The highest BCUT2D eigenvalue weighted by molar-refractivity contribution is 7.17. The van der Waals surface area contributed by atoms with Crippen LogP contribution in [0.4, 0.5) is 0 Å². The Morgan fingerprint density at radius 2 is 1.43 bits per heavy atom. The van der Waals surface area contributed by atoms with Gasteiger partial charge in [-0.2, -0.15) is 0 Å². The molecule has 0 aliphatic rings. The Morgan fingerprint density at radius 3 is 1.80 bits per heavy atom. The highest BCUT2D eigenvalue weighted by atomic mass is 31.0. The van der Waals surface area contributed by atoms with Crippen molar-refractivity contribution in [2.75, 3.05) is 33.9 Å². The Morgan fingerprint density at radius 1 is 0.922 bits per heavy atom. The molecule has 0 fully saturated rings. The van der Waals surface area contributed by atoms with Crippen molar-refractivity contribution in [1.82, 2.24) is 26.6 Å².